The van der Waals surface area contributed by atoms with Gasteiger partial charge in [0.25, 0.3) is 6.43 Å². The van der Waals surface area contributed by atoms with Crippen LogP contribution in [0, 0.1) is 0 Å². The lowest BCUT2D eigenvalue weighted by molar-refractivity contribution is 0.146. The second kappa shape index (κ2) is 4.97. The van der Waals surface area contributed by atoms with E-state index >= 15 is 0 Å². The Kier molecular flexibility index (Phi) is 3.91. The summed E-state index contributed by atoms with van der Waals surface area (Å²) in [6.45, 7) is -0.0620. The van der Waals surface area contributed by atoms with Gasteiger partial charge in [-0.15, -0.1) is 0 Å². The van der Waals surface area contributed by atoms with Crippen molar-refractivity contribution < 1.29 is 13.9 Å². The number of rotatable bonds is 4. The van der Waals surface area contributed by atoms with Crippen LogP contribution in [0.3, 0.4) is 0 Å². The molecule has 1 heterocycles. The van der Waals surface area contributed by atoms with Crippen LogP contribution in [0.5, 0.6) is 0 Å². The molecule has 0 spiro atoms. The van der Waals surface area contributed by atoms with Gasteiger partial charge in [-0.25, -0.2) is 8.78 Å². The molecular formula is C9H12F2N2O. The molecule has 5 heteroatoms. The van der Waals surface area contributed by atoms with Gasteiger partial charge in [-0.1, -0.05) is 0 Å². The molecule has 0 aromatic carbocycles. The number of nitrogens with zero attached hydrogens (tertiary/aromatic N) is 1. The highest BCUT2D eigenvalue weighted by molar-refractivity contribution is 5.20. The Morgan fingerprint density at radius 3 is 2.79 bits per heavy atom. The third kappa shape index (κ3) is 2.71. The van der Waals surface area contributed by atoms with Gasteiger partial charge in [0.05, 0.1) is 0 Å². The predicted octanol–water partition coefficient (Wildman–Crippen LogP) is 1.40. The van der Waals surface area contributed by atoms with Crippen LogP contribution in [0.15, 0.2) is 18.3 Å². The first-order chi connectivity index (χ1) is 6.65. The molecule has 78 valence electrons. The molecule has 0 bridgehead atoms. The molecule has 14 heavy (non-hydrogen) atoms. The Labute approximate surface area is 80.6 Å². The van der Waals surface area contributed by atoms with Gasteiger partial charge in [-0.3, -0.25) is 4.98 Å². The summed E-state index contributed by atoms with van der Waals surface area (Å²) in [5, 5.41) is 8.63. The van der Waals surface area contributed by atoms with Gasteiger partial charge in [-0.05, 0) is 24.1 Å². The lowest BCUT2D eigenvalue weighted by atomic mass is 10.1. The van der Waals surface area contributed by atoms with Gasteiger partial charge >= 0.3 is 0 Å². The minimum Gasteiger partial charge on any atom is -0.396 e. The fourth-order valence-corrected chi connectivity index (χ4v) is 1.12. The maximum atomic E-state index is 12.2. The number of pyridine rings is 1. The molecule has 0 aliphatic heterocycles. The molecule has 0 amide bonds. The predicted molar refractivity (Wildman–Crippen MR) is 47.8 cm³/mol. The molecule has 1 aromatic heterocycles. The zero-order chi connectivity index (χ0) is 10.6. The SMILES string of the molecule is NC(CCO)c1ccnc(C(F)F)c1. The molecular weight excluding hydrogens is 190 g/mol. The summed E-state index contributed by atoms with van der Waals surface area (Å²) in [5.74, 6) is 0. The van der Waals surface area contributed by atoms with E-state index in [1.54, 1.807) is 6.07 Å². The number of hydrogen-bond donors (Lipinski definition) is 2. The largest absolute Gasteiger partial charge is 0.396 e. The Hall–Kier alpha value is -1.07. The molecule has 3 nitrogen and oxygen atoms in total. The van der Waals surface area contributed by atoms with E-state index in [1.807, 2.05) is 0 Å². The molecule has 0 aliphatic carbocycles. The quantitative estimate of drug-likeness (QED) is 0.775. The number of hydrogen-bond acceptors (Lipinski definition) is 3. The van der Waals surface area contributed by atoms with E-state index in [9.17, 15) is 8.78 Å². The number of halogens is 2. The van der Waals surface area contributed by atoms with Gasteiger partial charge in [0.15, 0.2) is 0 Å². The zero-order valence-corrected chi connectivity index (χ0v) is 7.53. The van der Waals surface area contributed by atoms with Crippen molar-refractivity contribution in [3.8, 4) is 0 Å². The van der Waals surface area contributed by atoms with Crippen LogP contribution >= 0.6 is 0 Å². The minimum absolute atomic E-state index is 0.0620. The lowest BCUT2D eigenvalue weighted by Gasteiger charge is -2.10. The van der Waals surface area contributed by atoms with Crippen LogP contribution in [0.25, 0.3) is 0 Å². The number of aliphatic hydroxyl groups excluding tert-OH is 1. The second-order valence-electron chi connectivity index (χ2n) is 2.93. The van der Waals surface area contributed by atoms with E-state index in [0.29, 0.717) is 12.0 Å². The van der Waals surface area contributed by atoms with Crippen molar-refractivity contribution in [2.24, 2.45) is 5.73 Å². The van der Waals surface area contributed by atoms with Crippen LogP contribution < -0.4 is 5.73 Å². The van der Waals surface area contributed by atoms with Crippen molar-refractivity contribution >= 4 is 0 Å². The fourth-order valence-electron chi connectivity index (χ4n) is 1.12. The highest BCUT2D eigenvalue weighted by Gasteiger charge is 2.11. The fraction of sp³-hybridized carbons (Fsp3) is 0.444. The molecule has 1 aromatic rings. The Morgan fingerprint density at radius 1 is 1.50 bits per heavy atom. The maximum absolute atomic E-state index is 12.2. The number of aromatic nitrogens is 1. The van der Waals surface area contributed by atoms with E-state index in [2.05, 4.69) is 4.98 Å². The van der Waals surface area contributed by atoms with Crippen LogP contribution in [0.2, 0.25) is 0 Å². The van der Waals surface area contributed by atoms with Crippen molar-refractivity contribution in [3.63, 3.8) is 0 Å². The smallest absolute Gasteiger partial charge is 0.280 e. The first-order valence-corrected chi connectivity index (χ1v) is 4.25. The lowest BCUT2D eigenvalue weighted by Crippen LogP contribution is -2.12. The van der Waals surface area contributed by atoms with Crippen molar-refractivity contribution in [2.75, 3.05) is 6.61 Å². The van der Waals surface area contributed by atoms with Crippen molar-refractivity contribution in [1.82, 2.24) is 4.98 Å². The summed E-state index contributed by atoms with van der Waals surface area (Å²) in [7, 11) is 0. The van der Waals surface area contributed by atoms with Crippen LogP contribution in [-0.4, -0.2) is 16.7 Å². The van der Waals surface area contributed by atoms with Crippen LogP contribution in [-0.2, 0) is 0 Å². The minimum atomic E-state index is -2.59. The summed E-state index contributed by atoms with van der Waals surface area (Å²) in [6.07, 6.45) is -0.933. The van der Waals surface area contributed by atoms with E-state index in [-0.39, 0.29) is 12.3 Å². The van der Waals surface area contributed by atoms with E-state index in [4.69, 9.17) is 10.8 Å². The first-order valence-electron chi connectivity index (χ1n) is 4.25. The van der Waals surface area contributed by atoms with E-state index in [1.165, 1.54) is 12.3 Å². The zero-order valence-electron chi connectivity index (χ0n) is 7.53. The van der Waals surface area contributed by atoms with Crippen molar-refractivity contribution in [1.29, 1.82) is 0 Å². The number of nitrogens with two attached hydrogens (primary N) is 1. The molecule has 1 atom stereocenters. The van der Waals surface area contributed by atoms with Gasteiger partial charge in [0.2, 0.25) is 0 Å². The molecule has 0 saturated carbocycles. The first kappa shape index (κ1) is 11.0. The second-order valence-corrected chi connectivity index (χ2v) is 2.93. The molecule has 1 unspecified atom stereocenters. The molecule has 3 N–H and O–H groups in total. The molecule has 0 fully saturated rings. The normalized spacial score (nSPS) is 13.2. The summed E-state index contributed by atoms with van der Waals surface area (Å²) in [6, 6.07) is 2.43. The molecule has 0 radical (unpaired) electrons. The standard InChI is InChI=1S/C9H12F2N2O/c10-9(11)8-5-6(1-3-13-8)7(12)2-4-14/h1,3,5,7,9,14H,2,4,12H2. The van der Waals surface area contributed by atoms with Crippen LogP contribution in [0.4, 0.5) is 8.78 Å². The topological polar surface area (TPSA) is 59.1 Å². The number of alkyl halides is 2. The van der Waals surface area contributed by atoms with E-state index < -0.39 is 12.5 Å². The van der Waals surface area contributed by atoms with Crippen molar-refractivity contribution in [3.05, 3.63) is 29.6 Å². The number of aliphatic hydroxyl groups is 1. The van der Waals surface area contributed by atoms with Gasteiger partial charge < -0.3 is 10.8 Å². The Morgan fingerprint density at radius 2 is 2.21 bits per heavy atom. The van der Waals surface area contributed by atoms with Gasteiger partial charge in [0.1, 0.15) is 5.69 Å². The Bertz CT molecular complexity index is 294. The average Bonchev–Trinajstić information content (AvgIpc) is 2.18. The monoisotopic (exact) mass is 202 g/mol. The average molecular weight is 202 g/mol. The highest BCUT2D eigenvalue weighted by Crippen LogP contribution is 2.20. The summed E-state index contributed by atoms with van der Waals surface area (Å²) < 4.78 is 24.5. The van der Waals surface area contributed by atoms with E-state index in [0.717, 1.165) is 0 Å². The molecule has 1 rings (SSSR count). The van der Waals surface area contributed by atoms with Crippen LogP contribution in [0.1, 0.15) is 30.1 Å². The maximum Gasteiger partial charge on any atom is 0.280 e. The third-order valence-corrected chi connectivity index (χ3v) is 1.90. The molecule has 0 aliphatic rings. The summed E-state index contributed by atoms with van der Waals surface area (Å²) >= 11 is 0. The van der Waals surface area contributed by atoms with Gasteiger partial charge in [-0.2, -0.15) is 0 Å². The summed E-state index contributed by atoms with van der Waals surface area (Å²) in [5.41, 5.74) is 5.93. The van der Waals surface area contributed by atoms with Crippen molar-refractivity contribution in [2.45, 2.75) is 18.9 Å². The summed E-state index contributed by atoms with van der Waals surface area (Å²) in [4.78, 5) is 3.51. The Balaban J connectivity index is 2.82. The third-order valence-electron chi connectivity index (χ3n) is 1.90. The molecule has 0 saturated heterocycles. The van der Waals surface area contributed by atoms with Gasteiger partial charge in [0, 0.05) is 18.8 Å². The highest BCUT2D eigenvalue weighted by atomic mass is 19.3.